The minimum Gasteiger partial charge on any atom is -0.486 e. The van der Waals surface area contributed by atoms with Gasteiger partial charge in [-0.1, -0.05) is 17.7 Å². The van der Waals surface area contributed by atoms with Crippen molar-refractivity contribution in [2.45, 2.75) is 24.3 Å². The van der Waals surface area contributed by atoms with E-state index in [1.54, 1.807) is 36.4 Å². The van der Waals surface area contributed by atoms with Crippen molar-refractivity contribution in [1.29, 1.82) is 0 Å². The first-order chi connectivity index (χ1) is 11.9. The maximum absolute atomic E-state index is 12.6. The summed E-state index contributed by atoms with van der Waals surface area (Å²) in [6, 6.07) is 10.2. The van der Waals surface area contributed by atoms with Crippen molar-refractivity contribution < 1.29 is 22.7 Å². The predicted octanol–water partition coefficient (Wildman–Crippen LogP) is 2.10. The Bertz CT molecular complexity index is 950. The smallest absolute Gasteiger partial charge is 0.229 e. The van der Waals surface area contributed by atoms with Crippen LogP contribution in [0.15, 0.2) is 41.3 Å². The molecule has 1 N–H and O–H groups in total. The number of hydrogen-bond donors (Lipinski definition) is 1. The minimum absolute atomic E-state index is 0.110. The van der Waals surface area contributed by atoms with Crippen molar-refractivity contribution in [1.82, 2.24) is 0 Å². The maximum Gasteiger partial charge on any atom is 0.229 e. The first-order valence-corrected chi connectivity index (χ1v) is 9.62. The summed E-state index contributed by atoms with van der Waals surface area (Å²) in [5.74, 6) is 0.715. The molecule has 0 saturated heterocycles. The number of amides is 1. The van der Waals surface area contributed by atoms with Gasteiger partial charge in [-0.2, -0.15) is 0 Å². The van der Waals surface area contributed by atoms with E-state index in [1.807, 2.05) is 6.92 Å². The van der Waals surface area contributed by atoms with E-state index < -0.39 is 15.9 Å². The molecule has 2 aromatic carbocycles. The van der Waals surface area contributed by atoms with Gasteiger partial charge in [-0.3, -0.25) is 4.79 Å². The van der Waals surface area contributed by atoms with Crippen LogP contribution in [-0.2, 0) is 21.1 Å². The van der Waals surface area contributed by atoms with Gasteiger partial charge in [0.25, 0.3) is 0 Å². The summed E-state index contributed by atoms with van der Waals surface area (Å²) in [7, 11) is -3.49. The van der Waals surface area contributed by atoms with Gasteiger partial charge in [-0.15, -0.1) is 0 Å². The molecule has 0 aromatic heterocycles. The molecule has 0 aliphatic carbocycles. The van der Waals surface area contributed by atoms with Crippen LogP contribution < -0.4 is 14.8 Å². The Balaban J connectivity index is 1.58. The molecule has 6 nitrogen and oxygen atoms in total. The molecule has 0 unspecified atom stereocenters. The first kappa shape index (κ1) is 16.0. The number of carbonyl (C=O) groups excluding carboxylic acids is 1. The van der Waals surface area contributed by atoms with Gasteiger partial charge in [0.1, 0.15) is 12.7 Å². The van der Waals surface area contributed by atoms with Gasteiger partial charge in [0.15, 0.2) is 21.3 Å². The van der Waals surface area contributed by atoms with Crippen LogP contribution in [-0.4, -0.2) is 32.8 Å². The van der Waals surface area contributed by atoms with E-state index in [1.165, 1.54) is 0 Å². The van der Waals surface area contributed by atoms with E-state index in [2.05, 4.69) is 5.32 Å². The van der Waals surface area contributed by atoms with Crippen molar-refractivity contribution in [3.63, 3.8) is 0 Å². The molecular formula is C18H17NO5S. The summed E-state index contributed by atoms with van der Waals surface area (Å²) in [6.07, 6.45) is -0.416. The molecule has 130 valence electrons. The largest absolute Gasteiger partial charge is 0.486 e. The number of hydrogen-bond acceptors (Lipinski definition) is 5. The Kier molecular flexibility index (Phi) is 3.68. The number of benzene rings is 2. The Hall–Kier alpha value is -2.54. The average Bonchev–Trinajstić information content (AvgIpc) is 2.96. The van der Waals surface area contributed by atoms with Crippen LogP contribution in [0.5, 0.6) is 11.5 Å². The molecule has 0 spiro atoms. The lowest BCUT2D eigenvalue weighted by Gasteiger charge is -2.27. The summed E-state index contributed by atoms with van der Waals surface area (Å²) in [5.41, 5.74) is 2.41. The molecule has 25 heavy (non-hydrogen) atoms. The lowest BCUT2D eigenvalue weighted by Crippen LogP contribution is -2.36. The number of ether oxygens (including phenoxy) is 2. The lowest BCUT2D eigenvalue weighted by molar-refractivity contribution is -0.115. The zero-order valence-corrected chi connectivity index (χ0v) is 14.4. The van der Waals surface area contributed by atoms with Gasteiger partial charge >= 0.3 is 0 Å². The van der Waals surface area contributed by atoms with Gasteiger partial charge in [-0.25, -0.2) is 8.42 Å². The van der Waals surface area contributed by atoms with Gasteiger partial charge in [0, 0.05) is 11.3 Å². The number of fused-ring (bicyclic) bond motifs is 3. The highest BCUT2D eigenvalue weighted by Gasteiger charge is 2.32. The topological polar surface area (TPSA) is 81.7 Å². The molecular weight excluding hydrogens is 342 g/mol. The molecule has 4 rings (SSSR count). The van der Waals surface area contributed by atoms with Gasteiger partial charge < -0.3 is 14.8 Å². The maximum atomic E-state index is 12.6. The fourth-order valence-electron chi connectivity index (χ4n) is 3.05. The Morgan fingerprint density at radius 1 is 1.16 bits per heavy atom. The normalized spacial score (nSPS) is 18.6. The summed E-state index contributed by atoms with van der Waals surface area (Å²) in [5, 5.41) is 2.75. The van der Waals surface area contributed by atoms with Crippen LogP contribution in [0.3, 0.4) is 0 Å². The van der Waals surface area contributed by atoms with Crippen LogP contribution in [0.2, 0.25) is 0 Å². The highest BCUT2D eigenvalue weighted by molar-refractivity contribution is 7.91. The third-order valence-corrected chi connectivity index (χ3v) is 6.13. The Morgan fingerprint density at radius 3 is 2.68 bits per heavy atom. The molecule has 0 fully saturated rings. The van der Waals surface area contributed by atoms with Crippen molar-refractivity contribution in [2.24, 2.45) is 0 Å². The van der Waals surface area contributed by atoms with E-state index in [-0.39, 0.29) is 29.6 Å². The van der Waals surface area contributed by atoms with E-state index >= 15 is 0 Å². The molecule has 2 aliphatic rings. The fourth-order valence-corrected chi connectivity index (χ4v) is 4.45. The molecule has 0 radical (unpaired) electrons. The Morgan fingerprint density at radius 2 is 1.92 bits per heavy atom. The van der Waals surface area contributed by atoms with E-state index in [0.717, 1.165) is 11.1 Å². The van der Waals surface area contributed by atoms with E-state index in [0.29, 0.717) is 17.2 Å². The molecule has 0 saturated carbocycles. The predicted molar refractivity (Wildman–Crippen MR) is 91.9 cm³/mol. The van der Waals surface area contributed by atoms with Crippen LogP contribution in [0.4, 0.5) is 5.69 Å². The fraction of sp³-hybridized carbons (Fsp3) is 0.278. The summed E-state index contributed by atoms with van der Waals surface area (Å²) >= 11 is 0. The highest BCUT2D eigenvalue weighted by atomic mass is 32.2. The van der Waals surface area contributed by atoms with E-state index in [4.69, 9.17) is 9.47 Å². The lowest BCUT2D eigenvalue weighted by atomic mass is 10.1. The van der Waals surface area contributed by atoms with Gasteiger partial charge in [0.2, 0.25) is 5.91 Å². The standard InChI is InChI=1S/C18H17NO5S/c1-11-2-4-13(5-3-11)25(21,22)10-12-9-23-16-7-6-15-14(18(16)24-12)8-17(20)19-15/h2-7,12H,8-10H2,1H3,(H,19,20)/t12-/m1/s1. The van der Waals surface area contributed by atoms with Crippen LogP contribution in [0, 0.1) is 6.92 Å². The first-order valence-electron chi connectivity index (χ1n) is 7.97. The Labute approximate surface area is 145 Å². The SMILES string of the molecule is Cc1ccc(S(=O)(=O)C[C@H]2COc3ccc4c(c3O2)CC(=O)N4)cc1. The second kappa shape index (κ2) is 5.77. The van der Waals surface area contributed by atoms with Crippen molar-refractivity contribution >= 4 is 21.4 Å². The third-order valence-electron chi connectivity index (χ3n) is 4.33. The molecule has 1 amide bonds. The van der Waals surface area contributed by atoms with Crippen molar-refractivity contribution in [3.8, 4) is 11.5 Å². The third kappa shape index (κ3) is 2.95. The number of sulfone groups is 1. The van der Waals surface area contributed by atoms with Crippen molar-refractivity contribution in [2.75, 3.05) is 17.7 Å². The number of rotatable bonds is 3. The second-order valence-electron chi connectivity index (χ2n) is 6.29. The quantitative estimate of drug-likeness (QED) is 0.908. The zero-order chi connectivity index (χ0) is 17.6. The summed E-state index contributed by atoms with van der Waals surface area (Å²) < 4.78 is 36.8. The van der Waals surface area contributed by atoms with Crippen LogP contribution in [0.25, 0.3) is 0 Å². The van der Waals surface area contributed by atoms with Gasteiger partial charge in [-0.05, 0) is 31.2 Å². The molecule has 1 atom stereocenters. The number of anilines is 1. The summed E-state index contributed by atoms with van der Waals surface area (Å²) in [6.45, 7) is 2.06. The molecule has 2 aromatic rings. The van der Waals surface area contributed by atoms with Crippen molar-refractivity contribution in [3.05, 3.63) is 47.5 Å². The minimum atomic E-state index is -3.49. The number of nitrogens with one attached hydrogen (secondary N) is 1. The van der Waals surface area contributed by atoms with Gasteiger partial charge in [0.05, 0.1) is 17.1 Å². The van der Waals surface area contributed by atoms with Crippen LogP contribution >= 0.6 is 0 Å². The molecule has 2 aliphatic heterocycles. The van der Waals surface area contributed by atoms with E-state index in [9.17, 15) is 13.2 Å². The second-order valence-corrected chi connectivity index (χ2v) is 8.32. The average molecular weight is 359 g/mol. The monoisotopic (exact) mass is 359 g/mol. The molecule has 7 heteroatoms. The summed E-state index contributed by atoms with van der Waals surface area (Å²) in [4.78, 5) is 11.9. The molecule has 0 bridgehead atoms. The molecule has 2 heterocycles. The number of aryl methyl sites for hydroxylation is 1. The highest BCUT2D eigenvalue weighted by Crippen LogP contribution is 2.42. The zero-order valence-electron chi connectivity index (χ0n) is 13.6. The van der Waals surface area contributed by atoms with Crippen LogP contribution in [0.1, 0.15) is 11.1 Å². The number of carbonyl (C=O) groups is 1.